The fraction of sp³-hybridized carbons (Fsp3) is 0.217. The van der Waals surface area contributed by atoms with Crippen LogP contribution in [0.15, 0.2) is 76.3 Å². The summed E-state index contributed by atoms with van der Waals surface area (Å²) in [4.78, 5) is 16.8. The van der Waals surface area contributed by atoms with E-state index in [0.29, 0.717) is 18.8 Å². The molecule has 0 aliphatic heterocycles. The van der Waals surface area contributed by atoms with E-state index in [4.69, 9.17) is 9.15 Å². The first kappa shape index (κ1) is 21.0. The van der Waals surface area contributed by atoms with Crippen LogP contribution in [0.3, 0.4) is 0 Å². The number of nitrogens with zero attached hydrogens (tertiary/aromatic N) is 1. The number of carbonyl (C=O) groups is 1. The number of amides is 1. The topological polar surface area (TPSA) is 87.9 Å². The Morgan fingerprint density at radius 3 is 2.57 bits per heavy atom. The summed E-state index contributed by atoms with van der Waals surface area (Å²) in [5.74, 6) is 1.54. The summed E-state index contributed by atoms with van der Waals surface area (Å²) >= 11 is 0. The SMILES string of the molecule is CCNC(=NCc1cccc(NC(=O)c2ccco2)c1)NCc1ccc(OC)cc1. The minimum atomic E-state index is -0.282. The number of rotatable bonds is 8. The molecule has 30 heavy (non-hydrogen) atoms. The molecular formula is C23H26N4O3. The van der Waals surface area contributed by atoms with Gasteiger partial charge in [0.15, 0.2) is 11.7 Å². The Bertz CT molecular complexity index is 966. The van der Waals surface area contributed by atoms with Crippen molar-refractivity contribution in [2.24, 2.45) is 4.99 Å². The first-order valence-electron chi connectivity index (χ1n) is 9.77. The van der Waals surface area contributed by atoms with E-state index in [-0.39, 0.29) is 11.7 Å². The molecule has 0 bridgehead atoms. The standard InChI is InChI=1S/C23H26N4O3/c1-3-24-23(25-15-17-9-11-20(29-2)12-10-17)26-16-18-6-4-7-19(14-18)27-22(28)21-8-5-13-30-21/h4-14H,3,15-16H2,1-2H3,(H,27,28)(H2,24,25,26). The molecule has 3 aromatic rings. The molecule has 3 rings (SSSR count). The molecule has 2 aromatic carbocycles. The maximum Gasteiger partial charge on any atom is 0.291 e. The van der Waals surface area contributed by atoms with Crippen molar-refractivity contribution in [3.63, 3.8) is 0 Å². The maximum atomic E-state index is 12.1. The lowest BCUT2D eigenvalue weighted by Gasteiger charge is -2.12. The Hall–Kier alpha value is -3.74. The molecule has 0 saturated heterocycles. The Balaban J connectivity index is 1.60. The third-order valence-electron chi connectivity index (χ3n) is 4.31. The molecule has 3 N–H and O–H groups in total. The average molecular weight is 406 g/mol. The van der Waals surface area contributed by atoms with E-state index in [0.717, 1.165) is 29.4 Å². The van der Waals surface area contributed by atoms with Gasteiger partial charge in [-0.1, -0.05) is 24.3 Å². The number of nitrogens with one attached hydrogen (secondary N) is 3. The monoisotopic (exact) mass is 406 g/mol. The normalized spacial score (nSPS) is 11.1. The number of carbonyl (C=O) groups excluding carboxylic acids is 1. The first-order chi connectivity index (χ1) is 14.7. The molecule has 7 heteroatoms. The zero-order valence-corrected chi connectivity index (χ0v) is 17.1. The molecule has 0 saturated carbocycles. The highest BCUT2D eigenvalue weighted by Gasteiger charge is 2.08. The van der Waals surface area contributed by atoms with E-state index in [1.54, 1.807) is 19.2 Å². The van der Waals surface area contributed by atoms with E-state index >= 15 is 0 Å². The zero-order valence-electron chi connectivity index (χ0n) is 17.1. The van der Waals surface area contributed by atoms with Gasteiger partial charge in [0.2, 0.25) is 0 Å². The number of hydrogen-bond donors (Lipinski definition) is 3. The van der Waals surface area contributed by atoms with Crippen molar-refractivity contribution in [3.8, 4) is 5.75 Å². The van der Waals surface area contributed by atoms with Crippen molar-refractivity contribution in [2.75, 3.05) is 19.0 Å². The second kappa shape index (κ2) is 10.7. The zero-order chi connectivity index (χ0) is 21.2. The summed E-state index contributed by atoms with van der Waals surface area (Å²) in [6.45, 7) is 3.90. The van der Waals surface area contributed by atoms with Gasteiger partial charge in [-0.25, -0.2) is 4.99 Å². The number of furan rings is 1. The Morgan fingerprint density at radius 1 is 1.03 bits per heavy atom. The highest BCUT2D eigenvalue weighted by Crippen LogP contribution is 2.14. The van der Waals surface area contributed by atoms with Gasteiger partial charge in [-0.05, 0) is 54.4 Å². The predicted octanol–water partition coefficient (Wildman–Crippen LogP) is 3.80. The minimum absolute atomic E-state index is 0.274. The quantitative estimate of drug-likeness (QED) is 0.391. The summed E-state index contributed by atoms with van der Waals surface area (Å²) in [6.07, 6.45) is 1.47. The molecule has 7 nitrogen and oxygen atoms in total. The van der Waals surface area contributed by atoms with Crippen molar-refractivity contribution >= 4 is 17.6 Å². The molecule has 1 amide bonds. The van der Waals surface area contributed by atoms with Crippen LogP contribution in [-0.4, -0.2) is 25.5 Å². The minimum Gasteiger partial charge on any atom is -0.497 e. The number of aliphatic imine (C=N–C) groups is 1. The molecule has 0 atom stereocenters. The number of hydrogen-bond acceptors (Lipinski definition) is 4. The summed E-state index contributed by atoms with van der Waals surface area (Å²) in [6, 6.07) is 18.8. The first-order valence-corrected chi connectivity index (χ1v) is 9.77. The second-order valence-electron chi connectivity index (χ2n) is 6.53. The Kier molecular flexibility index (Phi) is 7.49. The van der Waals surface area contributed by atoms with Crippen LogP contribution in [0.25, 0.3) is 0 Å². The van der Waals surface area contributed by atoms with Crippen LogP contribution in [0, 0.1) is 0 Å². The van der Waals surface area contributed by atoms with Gasteiger partial charge in [0.25, 0.3) is 5.91 Å². The molecule has 0 aliphatic carbocycles. The highest BCUT2D eigenvalue weighted by atomic mass is 16.5. The molecule has 0 fully saturated rings. The molecule has 156 valence electrons. The lowest BCUT2D eigenvalue weighted by molar-refractivity contribution is 0.0996. The van der Waals surface area contributed by atoms with Gasteiger partial charge in [0, 0.05) is 18.8 Å². The molecular weight excluding hydrogens is 380 g/mol. The van der Waals surface area contributed by atoms with Crippen LogP contribution in [0.5, 0.6) is 5.75 Å². The van der Waals surface area contributed by atoms with E-state index in [9.17, 15) is 4.79 Å². The van der Waals surface area contributed by atoms with Gasteiger partial charge in [-0.15, -0.1) is 0 Å². The van der Waals surface area contributed by atoms with Gasteiger partial charge < -0.3 is 25.1 Å². The number of methoxy groups -OCH3 is 1. The van der Waals surface area contributed by atoms with Gasteiger partial charge in [-0.2, -0.15) is 0 Å². The fourth-order valence-electron chi connectivity index (χ4n) is 2.79. The van der Waals surface area contributed by atoms with E-state index in [1.807, 2.05) is 55.5 Å². The van der Waals surface area contributed by atoms with Crippen molar-refractivity contribution in [1.29, 1.82) is 0 Å². The third kappa shape index (κ3) is 6.13. The van der Waals surface area contributed by atoms with E-state index < -0.39 is 0 Å². The largest absolute Gasteiger partial charge is 0.497 e. The summed E-state index contributed by atoms with van der Waals surface area (Å²) in [7, 11) is 1.65. The molecule has 0 unspecified atom stereocenters. The number of anilines is 1. The van der Waals surface area contributed by atoms with Crippen LogP contribution in [0.1, 0.15) is 28.6 Å². The number of guanidine groups is 1. The smallest absolute Gasteiger partial charge is 0.291 e. The molecule has 1 heterocycles. The second-order valence-corrected chi connectivity index (χ2v) is 6.53. The van der Waals surface area contributed by atoms with Crippen molar-refractivity contribution in [2.45, 2.75) is 20.0 Å². The van der Waals surface area contributed by atoms with Crippen LogP contribution >= 0.6 is 0 Å². The van der Waals surface area contributed by atoms with Gasteiger partial charge >= 0.3 is 0 Å². The van der Waals surface area contributed by atoms with Crippen molar-refractivity contribution < 1.29 is 13.9 Å². The van der Waals surface area contributed by atoms with Crippen LogP contribution in [0.2, 0.25) is 0 Å². The molecule has 0 aliphatic rings. The van der Waals surface area contributed by atoms with Crippen LogP contribution in [0.4, 0.5) is 5.69 Å². The Labute approximate surface area is 176 Å². The van der Waals surface area contributed by atoms with Crippen LogP contribution < -0.4 is 20.7 Å². The lowest BCUT2D eigenvalue weighted by atomic mass is 10.2. The lowest BCUT2D eigenvalue weighted by Crippen LogP contribution is -2.36. The van der Waals surface area contributed by atoms with Gasteiger partial charge in [0.05, 0.1) is 19.9 Å². The van der Waals surface area contributed by atoms with Gasteiger partial charge in [-0.3, -0.25) is 4.79 Å². The van der Waals surface area contributed by atoms with E-state index in [2.05, 4.69) is 20.9 Å². The number of benzene rings is 2. The fourth-order valence-corrected chi connectivity index (χ4v) is 2.79. The van der Waals surface area contributed by atoms with Crippen LogP contribution in [-0.2, 0) is 13.1 Å². The summed E-state index contributed by atoms with van der Waals surface area (Å²) in [5, 5.41) is 9.40. The summed E-state index contributed by atoms with van der Waals surface area (Å²) in [5.41, 5.74) is 2.80. The predicted molar refractivity (Wildman–Crippen MR) is 118 cm³/mol. The van der Waals surface area contributed by atoms with E-state index in [1.165, 1.54) is 6.26 Å². The number of ether oxygens (including phenoxy) is 1. The Morgan fingerprint density at radius 2 is 1.87 bits per heavy atom. The third-order valence-corrected chi connectivity index (χ3v) is 4.31. The molecule has 0 radical (unpaired) electrons. The molecule has 1 aromatic heterocycles. The maximum absolute atomic E-state index is 12.1. The molecule has 0 spiro atoms. The summed E-state index contributed by atoms with van der Waals surface area (Å²) < 4.78 is 10.3. The average Bonchev–Trinajstić information content (AvgIpc) is 3.31. The van der Waals surface area contributed by atoms with Crippen molar-refractivity contribution in [1.82, 2.24) is 10.6 Å². The van der Waals surface area contributed by atoms with Gasteiger partial charge in [0.1, 0.15) is 5.75 Å². The highest BCUT2D eigenvalue weighted by molar-refractivity contribution is 6.02. The van der Waals surface area contributed by atoms with Crippen molar-refractivity contribution in [3.05, 3.63) is 83.8 Å².